The van der Waals surface area contributed by atoms with Crippen LogP contribution in [-0.2, 0) is 11.2 Å². The zero-order chi connectivity index (χ0) is 23.8. The summed E-state index contributed by atoms with van der Waals surface area (Å²) >= 11 is 0. The Labute approximate surface area is 200 Å². The molecule has 1 saturated carbocycles. The second-order valence-electron chi connectivity index (χ2n) is 9.16. The first-order chi connectivity index (χ1) is 16.5. The number of rotatable bonds is 11. The number of aromatic nitrogens is 5. The van der Waals surface area contributed by atoms with Gasteiger partial charge in [-0.15, -0.1) is 0 Å². The number of anilines is 3. The molecule has 0 amide bonds. The third-order valence-electron chi connectivity index (χ3n) is 6.45. The van der Waals surface area contributed by atoms with Crippen LogP contribution in [-0.4, -0.2) is 104 Å². The fourth-order valence-electron chi connectivity index (χ4n) is 4.38. The lowest BCUT2D eigenvalue weighted by atomic mass is 9.96. The largest absolute Gasteiger partial charge is 0.480 e. The quantitative estimate of drug-likeness (QED) is 0.320. The van der Waals surface area contributed by atoms with Gasteiger partial charge < -0.3 is 30.9 Å². The Hall–Kier alpha value is -2.99. The fourth-order valence-corrected chi connectivity index (χ4v) is 4.38. The van der Waals surface area contributed by atoms with Gasteiger partial charge >= 0.3 is 5.97 Å². The molecule has 0 aromatic carbocycles. The van der Waals surface area contributed by atoms with Crippen molar-refractivity contribution in [1.29, 1.82) is 0 Å². The Kier molecular flexibility index (Phi) is 8.47. The van der Waals surface area contributed by atoms with Crippen LogP contribution in [0.3, 0.4) is 0 Å². The summed E-state index contributed by atoms with van der Waals surface area (Å²) in [6, 6.07) is -0.590. The molecule has 186 valence electrons. The molecule has 0 unspecified atom stereocenters. The summed E-state index contributed by atoms with van der Waals surface area (Å²) < 4.78 is 0. The molecule has 0 bridgehead atoms. The van der Waals surface area contributed by atoms with Crippen LogP contribution in [0.4, 0.5) is 17.8 Å². The van der Waals surface area contributed by atoms with Crippen molar-refractivity contribution in [2.24, 2.45) is 0 Å². The number of hydrogen-bond donors (Lipinski definition) is 5. The van der Waals surface area contributed by atoms with Gasteiger partial charge in [0.25, 0.3) is 0 Å². The van der Waals surface area contributed by atoms with E-state index >= 15 is 0 Å². The summed E-state index contributed by atoms with van der Waals surface area (Å²) in [5.74, 6) is 0.150. The molecule has 1 saturated heterocycles. The van der Waals surface area contributed by atoms with E-state index < -0.39 is 12.0 Å². The Morgan fingerprint density at radius 3 is 2.56 bits per heavy atom. The number of piperazine rings is 1. The highest BCUT2D eigenvalue weighted by atomic mass is 16.4. The fraction of sp³-hybridized carbons (Fsp3) is 0.682. The van der Waals surface area contributed by atoms with Crippen LogP contribution in [0, 0.1) is 0 Å². The van der Waals surface area contributed by atoms with Gasteiger partial charge in [0, 0.05) is 57.9 Å². The number of hydrogen-bond acceptors (Lipinski definition) is 10. The third kappa shape index (κ3) is 7.26. The Morgan fingerprint density at radius 1 is 1.12 bits per heavy atom. The van der Waals surface area contributed by atoms with E-state index in [0.717, 1.165) is 45.6 Å². The van der Waals surface area contributed by atoms with Crippen molar-refractivity contribution in [2.45, 2.75) is 50.6 Å². The lowest BCUT2D eigenvalue weighted by Crippen LogP contribution is -2.45. The third-order valence-corrected chi connectivity index (χ3v) is 6.45. The van der Waals surface area contributed by atoms with Crippen LogP contribution in [0.2, 0.25) is 0 Å². The van der Waals surface area contributed by atoms with E-state index in [2.05, 4.69) is 57.7 Å². The molecule has 12 heteroatoms. The maximum absolute atomic E-state index is 11.9. The molecule has 12 nitrogen and oxygen atoms in total. The molecule has 1 atom stereocenters. The van der Waals surface area contributed by atoms with Gasteiger partial charge in [0.1, 0.15) is 6.04 Å². The molecule has 2 aliphatic rings. The first-order valence-corrected chi connectivity index (χ1v) is 12.2. The van der Waals surface area contributed by atoms with Crippen molar-refractivity contribution in [1.82, 2.24) is 34.7 Å². The van der Waals surface area contributed by atoms with Gasteiger partial charge in [-0.3, -0.25) is 4.90 Å². The van der Waals surface area contributed by atoms with Crippen molar-refractivity contribution in [2.75, 3.05) is 62.3 Å². The molecule has 5 N–H and O–H groups in total. The standard InChI is InChI=1S/C22H36N10O2/c1-31-9-11-32(12-10-31)8-7-24-20-28-21(26-16-5-3-2-4-6-16)30-22(29-20)27-18(19(33)34)13-17-14-23-15-25-17/h14-16,18H,2-13H2,1H3,(H,23,25)(H,33,34)(H3,24,26,27,28,29,30)/t18-/m0/s1. The summed E-state index contributed by atoms with van der Waals surface area (Å²) in [5.41, 5.74) is 0.653. The number of aliphatic carboxylic acids is 1. The number of H-pyrrole nitrogens is 1. The summed E-state index contributed by atoms with van der Waals surface area (Å²) in [7, 11) is 2.15. The summed E-state index contributed by atoms with van der Waals surface area (Å²) in [5, 5.41) is 19.4. The van der Waals surface area contributed by atoms with E-state index in [9.17, 15) is 9.90 Å². The summed E-state index contributed by atoms with van der Waals surface area (Å²) in [6.45, 7) is 5.83. The number of imidazole rings is 1. The number of carboxylic acids is 1. The van der Waals surface area contributed by atoms with Gasteiger partial charge in [-0.05, 0) is 19.9 Å². The van der Waals surface area contributed by atoms with Crippen molar-refractivity contribution in [3.8, 4) is 0 Å². The van der Waals surface area contributed by atoms with Gasteiger partial charge in [-0.2, -0.15) is 15.0 Å². The van der Waals surface area contributed by atoms with Crippen molar-refractivity contribution >= 4 is 23.8 Å². The van der Waals surface area contributed by atoms with E-state index in [1.54, 1.807) is 6.20 Å². The second-order valence-corrected chi connectivity index (χ2v) is 9.16. The van der Waals surface area contributed by atoms with E-state index in [1.165, 1.54) is 25.6 Å². The first kappa shape index (κ1) is 24.1. The Morgan fingerprint density at radius 2 is 1.85 bits per heavy atom. The minimum Gasteiger partial charge on any atom is -0.480 e. The zero-order valence-corrected chi connectivity index (χ0v) is 19.8. The van der Waals surface area contributed by atoms with Gasteiger partial charge in [-0.1, -0.05) is 19.3 Å². The van der Waals surface area contributed by atoms with Crippen molar-refractivity contribution in [3.63, 3.8) is 0 Å². The van der Waals surface area contributed by atoms with Crippen molar-refractivity contribution < 1.29 is 9.90 Å². The minimum absolute atomic E-state index is 0.210. The van der Waals surface area contributed by atoms with Crippen molar-refractivity contribution in [3.05, 3.63) is 18.2 Å². The van der Waals surface area contributed by atoms with Crippen LogP contribution < -0.4 is 16.0 Å². The predicted octanol–water partition coefficient (Wildman–Crippen LogP) is 1.11. The molecule has 2 aromatic rings. The molecule has 3 heterocycles. The Balaban J connectivity index is 1.43. The highest BCUT2D eigenvalue weighted by Crippen LogP contribution is 2.21. The van der Waals surface area contributed by atoms with Crippen LogP contribution in [0.15, 0.2) is 12.5 Å². The van der Waals surface area contributed by atoms with Crippen LogP contribution in [0.5, 0.6) is 0 Å². The molecule has 2 fully saturated rings. The van der Waals surface area contributed by atoms with Gasteiger partial charge in [-0.25, -0.2) is 9.78 Å². The Bertz CT molecular complexity index is 895. The van der Waals surface area contributed by atoms with E-state index in [4.69, 9.17) is 0 Å². The lowest BCUT2D eigenvalue weighted by molar-refractivity contribution is -0.137. The minimum atomic E-state index is -0.991. The first-order valence-electron chi connectivity index (χ1n) is 12.2. The number of carbonyl (C=O) groups is 1. The number of carboxylic acid groups (broad SMARTS) is 1. The molecule has 1 aliphatic heterocycles. The lowest BCUT2D eigenvalue weighted by Gasteiger charge is -2.32. The zero-order valence-electron chi connectivity index (χ0n) is 19.8. The van der Waals surface area contributed by atoms with Crippen LogP contribution in [0.25, 0.3) is 0 Å². The molecule has 1 aliphatic carbocycles. The average Bonchev–Trinajstić information content (AvgIpc) is 3.34. The smallest absolute Gasteiger partial charge is 0.326 e. The highest BCUT2D eigenvalue weighted by Gasteiger charge is 2.22. The number of likely N-dealkylation sites (N-methyl/N-ethyl adjacent to an activating group) is 1. The normalized spacial score (nSPS) is 19.0. The van der Waals surface area contributed by atoms with E-state index in [1.807, 2.05) is 0 Å². The van der Waals surface area contributed by atoms with Crippen LogP contribution >= 0.6 is 0 Å². The maximum Gasteiger partial charge on any atom is 0.326 e. The van der Waals surface area contributed by atoms with Gasteiger partial charge in [0.15, 0.2) is 0 Å². The molecule has 34 heavy (non-hydrogen) atoms. The number of aromatic amines is 1. The van der Waals surface area contributed by atoms with Gasteiger partial charge in [0.05, 0.1) is 12.0 Å². The molecule has 2 aromatic heterocycles. The average molecular weight is 473 g/mol. The molecular weight excluding hydrogens is 436 g/mol. The molecular formula is C22H36N10O2. The SMILES string of the molecule is CN1CCN(CCNc2nc(NC3CCCCC3)nc(N[C@@H](Cc3c[nH]cn3)C(=O)O)n2)CC1. The molecule has 0 spiro atoms. The monoisotopic (exact) mass is 472 g/mol. The molecule has 0 radical (unpaired) electrons. The molecule has 4 rings (SSSR count). The highest BCUT2D eigenvalue weighted by molar-refractivity contribution is 5.77. The predicted molar refractivity (Wildman–Crippen MR) is 130 cm³/mol. The summed E-state index contributed by atoms with van der Waals surface area (Å²) in [6.07, 6.45) is 9.23. The van der Waals surface area contributed by atoms with Crippen LogP contribution in [0.1, 0.15) is 37.8 Å². The van der Waals surface area contributed by atoms with E-state index in [-0.39, 0.29) is 12.4 Å². The topological polar surface area (TPSA) is 147 Å². The van der Waals surface area contributed by atoms with E-state index in [0.29, 0.717) is 30.2 Å². The van der Waals surface area contributed by atoms with Gasteiger partial charge in [0.2, 0.25) is 17.8 Å². The maximum atomic E-state index is 11.9. The number of nitrogens with one attached hydrogen (secondary N) is 4. The summed E-state index contributed by atoms with van der Waals surface area (Å²) in [4.78, 5) is 37.2. The second kappa shape index (κ2) is 11.9. The number of nitrogens with zero attached hydrogens (tertiary/aromatic N) is 6.